The topological polar surface area (TPSA) is 38.8 Å². The molecule has 1 aliphatic rings. The van der Waals surface area contributed by atoms with Crippen LogP contribution in [0.3, 0.4) is 0 Å². The first kappa shape index (κ1) is 18.5. The Balaban J connectivity index is 1.86. The van der Waals surface area contributed by atoms with E-state index in [-0.39, 0.29) is 12.0 Å². The zero-order valence-corrected chi connectivity index (χ0v) is 15.8. The van der Waals surface area contributed by atoms with Crippen molar-refractivity contribution in [3.63, 3.8) is 0 Å². The Morgan fingerprint density at radius 1 is 1.23 bits per heavy atom. The van der Waals surface area contributed by atoms with Gasteiger partial charge in [-0.1, -0.05) is 29.8 Å². The molecule has 138 valence electrons. The van der Waals surface area contributed by atoms with E-state index in [1.165, 1.54) is 0 Å². The van der Waals surface area contributed by atoms with Crippen LogP contribution in [0.2, 0.25) is 0 Å². The third-order valence-electron chi connectivity index (χ3n) is 4.87. The fraction of sp³-hybridized carbons (Fsp3) is 0.409. The number of hydrogen-bond donors (Lipinski definition) is 0. The molecule has 1 heterocycles. The van der Waals surface area contributed by atoms with Crippen molar-refractivity contribution >= 4 is 5.91 Å². The highest BCUT2D eigenvalue weighted by atomic mass is 16.5. The van der Waals surface area contributed by atoms with Gasteiger partial charge < -0.3 is 14.4 Å². The van der Waals surface area contributed by atoms with Crippen LogP contribution in [-0.2, 0) is 11.3 Å². The maximum absolute atomic E-state index is 13.3. The molecule has 3 rings (SSSR count). The van der Waals surface area contributed by atoms with Crippen molar-refractivity contribution in [2.24, 2.45) is 0 Å². The number of amides is 1. The second-order valence-electron chi connectivity index (χ2n) is 6.99. The summed E-state index contributed by atoms with van der Waals surface area (Å²) >= 11 is 0. The van der Waals surface area contributed by atoms with E-state index in [1.54, 1.807) is 7.11 Å². The van der Waals surface area contributed by atoms with Gasteiger partial charge in [-0.15, -0.1) is 0 Å². The van der Waals surface area contributed by atoms with Crippen molar-refractivity contribution in [1.82, 2.24) is 4.90 Å². The predicted octanol–water partition coefficient (Wildman–Crippen LogP) is 4.13. The second-order valence-corrected chi connectivity index (χ2v) is 6.99. The van der Waals surface area contributed by atoms with Crippen molar-refractivity contribution in [2.45, 2.75) is 39.3 Å². The number of ether oxygens (including phenoxy) is 2. The van der Waals surface area contributed by atoms with Gasteiger partial charge in [-0.2, -0.15) is 0 Å². The number of carbonyl (C=O) groups excluding carboxylic acids is 1. The Bertz CT molecular complexity index is 766. The maximum atomic E-state index is 13.3. The highest BCUT2D eigenvalue weighted by Gasteiger charge is 2.24. The summed E-state index contributed by atoms with van der Waals surface area (Å²) in [6.07, 6.45) is 2.19. The molecule has 4 nitrogen and oxygen atoms in total. The van der Waals surface area contributed by atoms with Crippen LogP contribution < -0.4 is 4.74 Å². The molecule has 26 heavy (non-hydrogen) atoms. The van der Waals surface area contributed by atoms with Crippen LogP contribution >= 0.6 is 0 Å². The Kier molecular flexibility index (Phi) is 5.94. The standard InChI is InChI=1S/C22H27NO3/c1-16-9-10-17(2)21(12-16)22(24)23(15-20-8-5-11-26-20)14-18-6-4-7-19(13-18)25-3/h4,6-7,9-10,12-13,20H,5,8,11,14-15H2,1-3H3. The summed E-state index contributed by atoms with van der Waals surface area (Å²) in [6.45, 7) is 5.95. The highest BCUT2D eigenvalue weighted by Crippen LogP contribution is 2.21. The van der Waals surface area contributed by atoms with Crippen LogP contribution in [0.5, 0.6) is 5.75 Å². The van der Waals surface area contributed by atoms with E-state index in [0.717, 1.165) is 47.5 Å². The molecule has 4 heteroatoms. The van der Waals surface area contributed by atoms with E-state index in [2.05, 4.69) is 0 Å². The van der Waals surface area contributed by atoms with Crippen molar-refractivity contribution in [3.05, 3.63) is 64.7 Å². The van der Waals surface area contributed by atoms with Crippen molar-refractivity contribution < 1.29 is 14.3 Å². The van der Waals surface area contributed by atoms with Crippen molar-refractivity contribution in [1.29, 1.82) is 0 Å². The summed E-state index contributed by atoms with van der Waals surface area (Å²) in [5.74, 6) is 0.864. The number of aryl methyl sites for hydroxylation is 2. The lowest BCUT2D eigenvalue weighted by molar-refractivity contribution is 0.0506. The van der Waals surface area contributed by atoms with Crippen LogP contribution in [0.4, 0.5) is 0 Å². The Morgan fingerprint density at radius 3 is 2.81 bits per heavy atom. The van der Waals surface area contributed by atoms with Gasteiger partial charge in [-0.25, -0.2) is 0 Å². The van der Waals surface area contributed by atoms with Gasteiger partial charge >= 0.3 is 0 Å². The zero-order valence-electron chi connectivity index (χ0n) is 15.8. The molecular formula is C22H27NO3. The zero-order chi connectivity index (χ0) is 18.5. The molecule has 2 aromatic carbocycles. The number of hydrogen-bond acceptors (Lipinski definition) is 3. The molecule has 0 spiro atoms. The lowest BCUT2D eigenvalue weighted by Crippen LogP contribution is -2.37. The molecular weight excluding hydrogens is 326 g/mol. The van der Waals surface area contributed by atoms with Gasteiger partial charge in [0, 0.05) is 25.3 Å². The third kappa shape index (κ3) is 4.44. The molecule has 1 fully saturated rings. The molecule has 1 atom stereocenters. The van der Waals surface area contributed by atoms with Gasteiger partial charge in [0.2, 0.25) is 0 Å². The van der Waals surface area contributed by atoms with Crippen LogP contribution in [0.15, 0.2) is 42.5 Å². The molecule has 0 aromatic heterocycles. The minimum atomic E-state index is 0.0597. The summed E-state index contributed by atoms with van der Waals surface area (Å²) < 4.78 is 11.1. The summed E-state index contributed by atoms with van der Waals surface area (Å²) in [6, 6.07) is 13.9. The van der Waals surface area contributed by atoms with E-state index in [0.29, 0.717) is 13.1 Å². The number of carbonyl (C=O) groups is 1. The van der Waals surface area contributed by atoms with E-state index in [1.807, 2.05) is 61.2 Å². The second kappa shape index (κ2) is 8.37. The quantitative estimate of drug-likeness (QED) is 0.784. The number of rotatable bonds is 6. The average Bonchev–Trinajstić information content (AvgIpc) is 3.16. The van der Waals surface area contributed by atoms with Crippen molar-refractivity contribution in [3.8, 4) is 5.75 Å². The van der Waals surface area contributed by atoms with Gasteiger partial charge in [0.15, 0.2) is 0 Å². The molecule has 0 radical (unpaired) electrons. The first-order chi connectivity index (χ1) is 12.6. The summed E-state index contributed by atoms with van der Waals surface area (Å²) in [5, 5.41) is 0. The minimum Gasteiger partial charge on any atom is -0.497 e. The first-order valence-corrected chi connectivity index (χ1v) is 9.18. The fourth-order valence-electron chi connectivity index (χ4n) is 3.38. The Morgan fingerprint density at radius 2 is 2.08 bits per heavy atom. The van der Waals surface area contributed by atoms with Gasteiger partial charge in [-0.05, 0) is 56.0 Å². The summed E-state index contributed by atoms with van der Waals surface area (Å²) in [7, 11) is 1.66. The summed E-state index contributed by atoms with van der Waals surface area (Å²) in [4.78, 5) is 15.2. The molecule has 2 aromatic rings. The van der Waals surface area contributed by atoms with E-state index < -0.39 is 0 Å². The summed E-state index contributed by atoms with van der Waals surface area (Å²) in [5.41, 5.74) is 3.92. The van der Waals surface area contributed by atoms with Crippen molar-refractivity contribution in [2.75, 3.05) is 20.3 Å². The van der Waals surface area contributed by atoms with Crippen LogP contribution in [0.1, 0.15) is 39.9 Å². The monoisotopic (exact) mass is 353 g/mol. The van der Waals surface area contributed by atoms with Gasteiger partial charge in [0.25, 0.3) is 5.91 Å². The molecule has 0 saturated carbocycles. The molecule has 0 bridgehead atoms. The molecule has 0 aliphatic carbocycles. The normalized spacial score (nSPS) is 16.5. The first-order valence-electron chi connectivity index (χ1n) is 9.18. The van der Waals surface area contributed by atoms with E-state index in [9.17, 15) is 4.79 Å². The highest BCUT2D eigenvalue weighted by molar-refractivity contribution is 5.95. The largest absolute Gasteiger partial charge is 0.497 e. The van der Waals surface area contributed by atoms with E-state index >= 15 is 0 Å². The minimum absolute atomic E-state index is 0.0597. The van der Waals surface area contributed by atoms with Gasteiger partial charge in [0.05, 0.1) is 13.2 Å². The fourth-order valence-corrected chi connectivity index (χ4v) is 3.38. The maximum Gasteiger partial charge on any atom is 0.254 e. The SMILES string of the molecule is COc1cccc(CN(CC2CCCO2)C(=O)c2cc(C)ccc2C)c1. The number of benzene rings is 2. The Hall–Kier alpha value is -2.33. The Labute approximate surface area is 155 Å². The molecule has 1 aliphatic heterocycles. The van der Waals surface area contributed by atoms with E-state index in [4.69, 9.17) is 9.47 Å². The predicted molar refractivity (Wildman–Crippen MR) is 103 cm³/mol. The lowest BCUT2D eigenvalue weighted by Gasteiger charge is -2.26. The van der Waals surface area contributed by atoms with Gasteiger partial charge in [-0.3, -0.25) is 4.79 Å². The molecule has 1 saturated heterocycles. The van der Waals surface area contributed by atoms with Crippen LogP contribution in [-0.4, -0.2) is 37.2 Å². The average molecular weight is 353 g/mol. The molecule has 0 N–H and O–H groups in total. The smallest absolute Gasteiger partial charge is 0.254 e. The number of methoxy groups -OCH3 is 1. The molecule has 1 unspecified atom stereocenters. The van der Waals surface area contributed by atoms with Gasteiger partial charge in [0.1, 0.15) is 5.75 Å². The van der Waals surface area contributed by atoms with Crippen LogP contribution in [0.25, 0.3) is 0 Å². The number of nitrogens with zero attached hydrogens (tertiary/aromatic N) is 1. The third-order valence-corrected chi connectivity index (χ3v) is 4.87. The van der Waals surface area contributed by atoms with Crippen LogP contribution in [0, 0.1) is 13.8 Å². The lowest BCUT2D eigenvalue weighted by atomic mass is 10.0. The molecule has 1 amide bonds.